The monoisotopic (exact) mass is 298 g/mol. The first-order valence-corrected chi connectivity index (χ1v) is 8.09. The van der Waals surface area contributed by atoms with Crippen LogP contribution in [0.3, 0.4) is 0 Å². The van der Waals surface area contributed by atoms with Gasteiger partial charge in [-0.25, -0.2) is 0 Å². The number of rotatable bonds is 12. The van der Waals surface area contributed by atoms with E-state index >= 15 is 0 Å². The van der Waals surface area contributed by atoms with E-state index in [4.69, 9.17) is 32.7 Å². The van der Waals surface area contributed by atoms with Gasteiger partial charge < -0.3 is 9.47 Å². The minimum atomic E-state index is 0.176. The molecule has 0 saturated carbocycles. The fraction of sp³-hybridized carbons (Fsp3) is 1.00. The van der Waals surface area contributed by atoms with Gasteiger partial charge in [-0.3, -0.25) is 0 Å². The average Bonchev–Trinajstić information content (AvgIpc) is 2.42. The van der Waals surface area contributed by atoms with E-state index in [-0.39, 0.29) is 6.10 Å². The van der Waals surface area contributed by atoms with E-state index in [1.165, 1.54) is 0 Å². The third kappa shape index (κ3) is 8.58. The van der Waals surface area contributed by atoms with Crippen molar-refractivity contribution in [1.29, 1.82) is 0 Å². The van der Waals surface area contributed by atoms with Gasteiger partial charge in [0, 0.05) is 11.8 Å². The van der Waals surface area contributed by atoms with Crippen LogP contribution in [-0.2, 0) is 9.47 Å². The van der Waals surface area contributed by atoms with Crippen LogP contribution in [-0.4, -0.2) is 37.7 Å². The second-order valence-corrected chi connectivity index (χ2v) is 5.38. The SMILES string of the molecule is CCC(CCl)COCC(CC)OCC(CC)CCl. The van der Waals surface area contributed by atoms with Crippen LogP contribution in [0.2, 0.25) is 0 Å². The molecule has 0 bridgehead atoms. The Balaban J connectivity index is 3.76. The highest BCUT2D eigenvalue weighted by molar-refractivity contribution is 6.18. The van der Waals surface area contributed by atoms with Crippen LogP contribution < -0.4 is 0 Å². The number of alkyl halides is 2. The second-order valence-electron chi connectivity index (χ2n) is 4.76. The Morgan fingerprint density at radius 2 is 1.33 bits per heavy atom. The number of ether oxygens (including phenoxy) is 2. The molecule has 0 heterocycles. The summed E-state index contributed by atoms with van der Waals surface area (Å²) < 4.78 is 11.5. The molecular weight excluding hydrogens is 271 g/mol. The van der Waals surface area contributed by atoms with Gasteiger partial charge >= 0.3 is 0 Å². The second kappa shape index (κ2) is 12.5. The highest BCUT2D eigenvalue weighted by Gasteiger charge is 2.12. The lowest BCUT2D eigenvalue weighted by atomic mass is 10.1. The first kappa shape index (κ1) is 18.5. The lowest BCUT2D eigenvalue weighted by Crippen LogP contribution is -2.24. The summed E-state index contributed by atoms with van der Waals surface area (Å²) in [5.74, 6) is 2.23. The Hall–Kier alpha value is 0.500. The molecule has 110 valence electrons. The zero-order valence-electron chi connectivity index (χ0n) is 12.0. The smallest absolute Gasteiger partial charge is 0.0806 e. The maximum absolute atomic E-state index is 5.85. The summed E-state index contributed by atoms with van der Waals surface area (Å²) in [5, 5.41) is 0. The molecule has 4 heteroatoms. The molecule has 0 aromatic rings. The van der Waals surface area contributed by atoms with Gasteiger partial charge in [-0.05, 0) is 31.1 Å². The quantitative estimate of drug-likeness (QED) is 0.499. The van der Waals surface area contributed by atoms with Crippen molar-refractivity contribution < 1.29 is 9.47 Å². The normalized spacial score (nSPS) is 16.5. The van der Waals surface area contributed by atoms with Crippen LogP contribution in [0.4, 0.5) is 0 Å². The highest BCUT2D eigenvalue weighted by atomic mass is 35.5. The largest absolute Gasteiger partial charge is 0.378 e. The zero-order valence-corrected chi connectivity index (χ0v) is 13.5. The molecule has 0 aromatic carbocycles. The standard InChI is InChI=1S/C14H28Cl2O2/c1-4-12(7-15)9-17-11-14(6-3)18-10-13(5-2)8-16/h12-14H,4-11H2,1-3H3. The molecule has 2 nitrogen and oxygen atoms in total. The first-order chi connectivity index (χ1) is 8.71. The molecule has 0 amide bonds. The van der Waals surface area contributed by atoms with Crippen molar-refractivity contribution in [1.82, 2.24) is 0 Å². The molecule has 0 fully saturated rings. The van der Waals surface area contributed by atoms with Gasteiger partial charge in [0.25, 0.3) is 0 Å². The van der Waals surface area contributed by atoms with Gasteiger partial charge in [-0.1, -0.05) is 20.8 Å². The minimum Gasteiger partial charge on any atom is -0.378 e. The van der Waals surface area contributed by atoms with E-state index in [0.717, 1.165) is 32.5 Å². The van der Waals surface area contributed by atoms with Gasteiger partial charge in [-0.2, -0.15) is 0 Å². The summed E-state index contributed by atoms with van der Waals surface area (Å²) in [7, 11) is 0. The van der Waals surface area contributed by atoms with Crippen LogP contribution in [0, 0.1) is 11.8 Å². The fourth-order valence-electron chi connectivity index (χ4n) is 1.47. The Morgan fingerprint density at radius 1 is 0.778 bits per heavy atom. The molecule has 0 aliphatic heterocycles. The van der Waals surface area contributed by atoms with Crippen LogP contribution >= 0.6 is 23.2 Å². The highest BCUT2D eigenvalue weighted by Crippen LogP contribution is 2.10. The predicted molar refractivity (Wildman–Crippen MR) is 79.9 cm³/mol. The number of halogens is 2. The van der Waals surface area contributed by atoms with E-state index in [9.17, 15) is 0 Å². The maximum atomic E-state index is 5.85. The molecule has 0 spiro atoms. The van der Waals surface area contributed by atoms with Gasteiger partial charge in [-0.15, -0.1) is 23.2 Å². The van der Waals surface area contributed by atoms with Gasteiger partial charge in [0.1, 0.15) is 0 Å². The Kier molecular flexibility index (Phi) is 12.9. The van der Waals surface area contributed by atoms with Crippen LogP contribution in [0.1, 0.15) is 40.0 Å². The third-order valence-corrected chi connectivity index (χ3v) is 4.14. The summed E-state index contributed by atoms with van der Waals surface area (Å²) in [4.78, 5) is 0. The van der Waals surface area contributed by atoms with E-state index < -0.39 is 0 Å². The third-order valence-electron chi connectivity index (χ3n) is 3.27. The number of hydrogen-bond donors (Lipinski definition) is 0. The van der Waals surface area contributed by atoms with Crippen molar-refractivity contribution in [3.63, 3.8) is 0 Å². The lowest BCUT2D eigenvalue weighted by molar-refractivity contribution is -0.0347. The minimum absolute atomic E-state index is 0.176. The first-order valence-electron chi connectivity index (χ1n) is 7.02. The summed E-state index contributed by atoms with van der Waals surface area (Å²) in [6, 6.07) is 0. The van der Waals surface area contributed by atoms with Crippen molar-refractivity contribution in [2.75, 3.05) is 31.6 Å². The van der Waals surface area contributed by atoms with Crippen molar-refractivity contribution in [3.8, 4) is 0 Å². The van der Waals surface area contributed by atoms with Gasteiger partial charge in [0.2, 0.25) is 0 Å². The molecule has 0 saturated heterocycles. The van der Waals surface area contributed by atoms with Crippen molar-refractivity contribution in [2.24, 2.45) is 11.8 Å². The van der Waals surface area contributed by atoms with Crippen LogP contribution in [0.5, 0.6) is 0 Å². The summed E-state index contributed by atoms with van der Waals surface area (Å²) in [6.45, 7) is 8.51. The fourth-order valence-corrected chi connectivity index (χ4v) is 2.08. The molecular formula is C14H28Cl2O2. The average molecular weight is 299 g/mol. The topological polar surface area (TPSA) is 18.5 Å². The molecule has 3 unspecified atom stereocenters. The molecule has 0 aliphatic carbocycles. The maximum Gasteiger partial charge on any atom is 0.0806 e. The summed E-state index contributed by atoms with van der Waals surface area (Å²) in [6.07, 6.45) is 3.27. The number of hydrogen-bond acceptors (Lipinski definition) is 2. The van der Waals surface area contributed by atoms with Gasteiger partial charge in [0.05, 0.1) is 25.9 Å². The molecule has 3 atom stereocenters. The Morgan fingerprint density at radius 3 is 1.78 bits per heavy atom. The van der Waals surface area contributed by atoms with E-state index in [1.54, 1.807) is 0 Å². The van der Waals surface area contributed by atoms with Crippen molar-refractivity contribution >= 4 is 23.2 Å². The van der Waals surface area contributed by atoms with Crippen molar-refractivity contribution in [2.45, 2.75) is 46.1 Å². The molecule has 0 aromatic heterocycles. The molecule has 0 aliphatic rings. The Bertz CT molecular complexity index is 171. The Labute approximate surface area is 122 Å². The van der Waals surface area contributed by atoms with Crippen molar-refractivity contribution in [3.05, 3.63) is 0 Å². The van der Waals surface area contributed by atoms with E-state index in [0.29, 0.717) is 30.2 Å². The van der Waals surface area contributed by atoms with E-state index in [1.807, 2.05) is 0 Å². The zero-order chi connectivity index (χ0) is 13.8. The summed E-state index contributed by atoms with van der Waals surface area (Å²) in [5.41, 5.74) is 0. The molecule has 18 heavy (non-hydrogen) atoms. The summed E-state index contributed by atoms with van der Waals surface area (Å²) >= 11 is 11.7. The predicted octanol–water partition coefficient (Wildman–Crippen LogP) is 4.33. The lowest BCUT2D eigenvalue weighted by Gasteiger charge is -2.20. The van der Waals surface area contributed by atoms with Crippen LogP contribution in [0.15, 0.2) is 0 Å². The van der Waals surface area contributed by atoms with E-state index in [2.05, 4.69) is 20.8 Å². The molecule has 0 radical (unpaired) electrons. The van der Waals surface area contributed by atoms with Crippen LogP contribution in [0.25, 0.3) is 0 Å². The molecule has 0 N–H and O–H groups in total. The molecule has 0 rings (SSSR count). The van der Waals surface area contributed by atoms with Gasteiger partial charge in [0.15, 0.2) is 0 Å².